The predicted octanol–water partition coefficient (Wildman–Crippen LogP) is -0.297. The third-order valence-electron chi connectivity index (χ3n) is 0.769. The molecule has 8 heavy (non-hydrogen) atoms. The maximum atomic E-state index is 10.2. The molecule has 1 N–H and O–H groups in total. The molecule has 0 aromatic carbocycles. The standard InChI is InChI=1S/C4H7NO3/c1-3(7)4(2-6)5-8/h4,6H,2H2,1H3. The number of aliphatic hydroxyl groups excluding tert-OH is 1. The van der Waals surface area contributed by atoms with Crippen LogP contribution in [0.2, 0.25) is 0 Å². The van der Waals surface area contributed by atoms with Crippen LogP contribution in [0.3, 0.4) is 0 Å². The van der Waals surface area contributed by atoms with Crippen molar-refractivity contribution in [2.75, 3.05) is 6.61 Å². The van der Waals surface area contributed by atoms with Crippen molar-refractivity contribution in [3.63, 3.8) is 0 Å². The molecule has 0 aromatic rings. The van der Waals surface area contributed by atoms with E-state index in [1.165, 1.54) is 6.92 Å². The van der Waals surface area contributed by atoms with Gasteiger partial charge in [-0.15, -0.1) is 4.91 Å². The Kier molecular flexibility index (Phi) is 2.95. The average Bonchev–Trinajstić information content (AvgIpc) is 1.69. The van der Waals surface area contributed by atoms with Gasteiger partial charge in [0.25, 0.3) is 0 Å². The number of carbonyl (C=O) groups excluding carboxylic acids is 1. The minimum absolute atomic E-state index is 0.400. The van der Waals surface area contributed by atoms with E-state index in [-0.39, 0.29) is 0 Å². The van der Waals surface area contributed by atoms with Crippen LogP contribution in [0.15, 0.2) is 5.18 Å². The molecule has 1 atom stereocenters. The molecule has 0 spiro atoms. The van der Waals surface area contributed by atoms with Crippen molar-refractivity contribution in [2.24, 2.45) is 5.18 Å². The Balaban J connectivity index is 3.69. The smallest absolute Gasteiger partial charge is 0.172 e. The molecule has 4 heteroatoms. The molecule has 0 aliphatic carbocycles. The van der Waals surface area contributed by atoms with Crippen LogP contribution in [0.4, 0.5) is 0 Å². The minimum Gasteiger partial charge on any atom is -0.394 e. The number of hydrogen-bond acceptors (Lipinski definition) is 4. The van der Waals surface area contributed by atoms with Gasteiger partial charge in [-0.1, -0.05) is 5.18 Å². The molecule has 0 heterocycles. The van der Waals surface area contributed by atoms with E-state index in [1.54, 1.807) is 0 Å². The third-order valence-corrected chi connectivity index (χ3v) is 0.769. The summed E-state index contributed by atoms with van der Waals surface area (Å²) in [5, 5.41) is 10.5. The Labute approximate surface area is 46.5 Å². The van der Waals surface area contributed by atoms with Crippen molar-refractivity contribution in [2.45, 2.75) is 13.0 Å². The highest BCUT2D eigenvalue weighted by Crippen LogP contribution is 1.88. The molecule has 0 amide bonds. The van der Waals surface area contributed by atoms with Gasteiger partial charge < -0.3 is 5.11 Å². The average molecular weight is 117 g/mol. The van der Waals surface area contributed by atoms with Crippen LogP contribution in [0.1, 0.15) is 6.92 Å². The first kappa shape index (κ1) is 7.23. The van der Waals surface area contributed by atoms with E-state index in [9.17, 15) is 9.70 Å². The quantitative estimate of drug-likeness (QED) is 0.516. The Morgan fingerprint density at radius 2 is 2.38 bits per heavy atom. The van der Waals surface area contributed by atoms with Gasteiger partial charge in [-0.25, -0.2) is 0 Å². The number of ketones is 1. The molecule has 0 rings (SSSR count). The highest BCUT2D eigenvalue weighted by molar-refractivity contribution is 5.81. The van der Waals surface area contributed by atoms with Gasteiger partial charge in [-0.2, -0.15) is 0 Å². The predicted molar refractivity (Wildman–Crippen MR) is 27.3 cm³/mol. The zero-order chi connectivity index (χ0) is 6.57. The molecule has 0 aliphatic rings. The molecule has 1 unspecified atom stereocenters. The summed E-state index contributed by atoms with van der Waals surface area (Å²) in [6.45, 7) is 0.723. The van der Waals surface area contributed by atoms with Gasteiger partial charge in [0.1, 0.15) is 0 Å². The normalized spacial score (nSPS) is 12.8. The van der Waals surface area contributed by atoms with E-state index in [0.717, 1.165) is 0 Å². The first-order valence-electron chi connectivity index (χ1n) is 2.16. The number of aliphatic hydroxyl groups is 1. The van der Waals surface area contributed by atoms with E-state index >= 15 is 0 Å². The molecule has 0 fully saturated rings. The Bertz CT molecular complexity index is 101. The number of rotatable bonds is 3. The van der Waals surface area contributed by atoms with Crippen molar-refractivity contribution in [1.29, 1.82) is 0 Å². The van der Waals surface area contributed by atoms with Crippen molar-refractivity contribution < 1.29 is 9.90 Å². The maximum absolute atomic E-state index is 10.2. The van der Waals surface area contributed by atoms with Gasteiger partial charge in [-0.05, 0) is 6.92 Å². The van der Waals surface area contributed by atoms with E-state index < -0.39 is 18.4 Å². The van der Waals surface area contributed by atoms with Crippen LogP contribution in [0, 0.1) is 4.91 Å². The van der Waals surface area contributed by atoms with Crippen molar-refractivity contribution in [1.82, 2.24) is 0 Å². The summed E-state index contributed by atoms with van der Waals surface area (Å²) in [6, 6.07) is -1.06. The highest BCUT2D eigenvalue weighted by Gasteiger charge is 2.10. The lowest BCUT2D eigenvalue weighted by Crippen LogP contribution is -2.18. The summed E-state index contributed by atoms with van der Waals surface area (Å²) in [6.07, 6.45) is 0. The summed E-state index contributed by atoms with van der Waals surface area (Å²) in [7, 11) is 0. The van der Waals surface area contributed by atoms with Gasteiger partial charge in [0.2, 0.25) is 0 Å². The SMILES string of the molecule is CC(=O)C(CO)N=O. The van der Waals surface area contributed by atoms with Gasteiger partial charge in [0, 0.05) is 0 Å². The molecule has 0 aliphatic heterocycles. The molecule has 0 bridgehead atoms. The molecular weight excluding hydrogens is 110 g/mol. The fraction of sp³-hybridized carbons (Fsp3) is 0.750. The maximum Gasteiger partial charge on any atom is 0.172 e. The second-order valence-electron chi connectivity index (χ2n) is 1.41. The summed E-state index contributed by atoms with van der Waals surface area (Å²) in [5.41, 5.74) is 0. The number of nitrogens with zero attached hydrogens (tertiary/aromatic N) is 1. The Morgan fingerprint density at radius 1 is 1.88 bits per heavy atom. The molecule has 0 saturated heterocycles. The van der Waals surface area contributed by atoms with Gasteiger partial charge >= 0.3 is 0 Å². The largest absolute Gasteiger partial charge is 0.394 e. The van der Waals surface area contributed by atoms with Gasteiger partial charge in [0.15, 0.2) is 11.8 Å². The summed E-state index contributed by atoms with van der Waals surface area (Å²) >= 11 is 0. The van der Waals surface area contributed by atoms with Crippen LogP contribution in [0.25, 0.3) is 0 Å². The van der Waals surface area contributed by atoms with Crippen LogP contribution in [-0.4, -0.2) is 23.5 Å². The number of Topliss-reactive ketones (excluding diaryl/α,β-unsaturated/α-hetero) is 1. The first-order chi connectivity index (χ1) is 3.72. The lowest BCUT2D eigenvalue weighted by Gasteiger charge is -1.95. The van der Waals surface area contributed by atoms with Gasteiger partial charge in [0.05, 0.1) is 6.61 Å². The fourth-order valence-electron chi connectivity index (χ4n) is 0.236. The zero-order valence-corrected chi connectivity index (χ0v) is 4.50. The third kappa shape index (κ3) is 1.79. The summed E-state index contributed by atoms with van der Waals surface area (Å²) < 4.78 is 0. The highest BCUT2D eigenvalue weighted by atomic mass is 16.3. The Morgan fingerprint density at radius 3 is 2.38 bits per heavy atom. The van der Waals surface area contributed by atoms with E-state index in [0.29, 0.717) is 0 Å². The number of carbonyl (C=O) groups is 1. The monoisotopic (exact) mass is 117 g/mol. The van der Waals surface area contributed by atoms with Crippen LogP contribution < -0.4 is 0 Å². The number of nitroso groups, excluding NO2 is 1. The second-order valence-corrected chi connectivity index (χ2v) is 1.41. The van der Waals surface area contributed by atoms with E-state index in [1.807, 2.05) is 0 Å². The summed E-state index contributed by atoms with van der Waals surface area (Å²) in [4.78, 5) is 19.7. The van der Waals surface area contributed by atoms with E-state index in [2.05, 4.69) is 5.18 Å². The van der Waals surface area contributed by atoms with Crippen LogP contribution >= 0.6 is 0 Å². The first-order valence-corrected chi connectivity index (χ1v) is 2.16. The summed E-state index contributed by atoms with van der Waals surface area (Å²) in [5.74, 6) is -0.400. The van der Waals surface area contributed by atoms with Crippen molar-refractivity contribution in [3.05, 3.63) is 4.91 Å². The topological polar surface area (TPSA) is 66.7 Å². The lowest BCUT2D eigenvalue weighted by molar-refractivity contribution is -0.118. The second kappa shape index (κ2) is 3.26. The molecular formula is C4H7NO3. The van der Waals surface area contributed by atoms with Crippen LogP contribution in [0.5, 0.6) is 0 Å². The number of hydrogen-bond donors (Lipinski definition) is 1. The molecule has 4 nitrogen and oxygen atoms in total. The van der Waals surface area contributed by atoms with Crippen LogP contribution in [-0.2, 0) is 4.79 Å². The van der Waals surface area contributed by atoms with E-state index in [4.69, 9.17) is 5.11 Å². The Hall–Kier alpha value is -0.770. The van der Waals surface area contributed by atoms with Crippen molar-refractivity contribution in [3.8, 4) is 0 Å². The van der Waals surface area contributed by atoms with Gasteiger partial charge in [-0.3, -0.25) is 4.79 Å². The molecule has 0 aromatic heterocycles. The van der Waals surface area contributed by atoms with Crippen molar-refractivity contribution >= 4 is 5.78 Å². The molecule has 0 saturated carbocycles. The fourth-order valence-corrected chi connectivity index (χ4v) is 0.236. The lowest BCUT2D eigenvalue weighted by atomic mass is 10.2. The zero-order valence-electron chi connectivity index (χ0n) is 4.50. The minimum atomic E-state index is -1.06. The molecule has 46 valence electrons. The molecule has 0 radical (unpaired) electrons.